The van der Waals surface area contributed by atoms with Crippen molar-refractivity contribution in [3.8, 4) is 6.07 Å². The van der Waals surface area contributed by atoms with Gasteiger partial charge >= 0.3 is 12.1 Å². The number of anilines is 2. The van der Waals surface area contributed by atoms with Gasteiger partial charge in [-0.25, -0.2) is 15.0 Å². The molecule has 1 saturated carbocycles. The Labute approximate surface area is 246 Å². The van der Waals surface area contributed by atoms with Gasteiger partial charge in [-0.05, 0) is 75.1 Å². The molecule has 3 N–H and O–H groups in total. The van der Waals surface area contributed by atoms with Gasteiger partial charge in [-0.3, -0.25) is 14.9 Å². The van der Waals surface area contributed by atoms with Crippen LogP contribution in [-0.4, -0.2) is 57.1 Å². The Morgan fingerprint density at radius 3 is 2.29 bits per heavy atom. The first-order valence-corrected chi connectivity index (χ1v) is 14.1. The molecule has 0 spiro atoms. The molecule has 4 rings (SSSR count). The van der Waals surface area contributed by atoms with Crippen LogP contribution in [0.5, 0.6) is 0 Å². The molecule has 2 aliphatic rings. The smallest absolute Gasteiger partial charge is 0.306 e. The number of para-hydroxylation sites is 2. The normalized spacial score (nSPS) is 22.6. The van der Waals surface area contributed by atoms with Crippen molar-refractivity contribution in [2.24, 2.45) is 22.4 Å². The van der Waals surface area contributed by atoms with Crippen molar-refractivity contribution in [1.82, 2.24) is 15.4 Å². The van der Waals surface area contributed by atoms with Crippen LogP contribution < -0.4 is 15.6 Å². The zero-order chi connectivity index (χ0) is 30.7. The highest BCUT2D eigenvalue weighted by molar-refractivity contribution is 6.00. The summed E-state index contributed by atoms with van der Waals surface area (Å²) in [4.78, 5) is 42.6. The molecule has 2 aromatic carbocycles. The molecule has 0 bridgehead atoms. The summed E-state index contributed by atoms with van der Waals surface area (Å²) < 4.78 is 0. The van der Waals surface area contributed by atoms with E-state index in [1.165, 1.54) is 9.80 Å². The summed E-state index contributed by atoms with van der Waals surface area (Å²) >= 11 is 0. The third-order valence-corrected chi connectivity index (χ3v) is 8.73. The molecule has 2 fully saturated rings. The van der Waals surface area contributed by atoms with Gasteiger partial charge in [0.25, 0.3) is 5.91 Å². The Hall–Kier alpha value is -4.43. The average molecular weight is 574 g/mol. The molecular weight excluding hydrogens is 534 g/mol. The monoisotopic (exact) mass is 573 g/mol. The fourth-order valence-corrected chi connectivity index (χ4v) is 5.94. The van der Waals surface area contributed by atoms with Crippen LogP contribution in [0.4, 0.5) is 21.0 Å². The topological polar surface area (TPSA) is 141 Å². The molecule has 42 heavy (non-hydrogen) atoms. The molecule has 1 aliphatic heterocycles. The molecule has 3 atom stereocenters. The number of nitrogens with one attached hydrogen (secondary N) is 2. The van der Waals surface area contributed by atoms with Gasteiger partial charge in [-0.15, -0.1) is 0 Å². The Balaban J connectivity index is 1.48. The number of carbonyl (C=O) groups is 3. The average Bonchev–Trinajstić information content (AvgIpc) is 3.16. The van der Waals surface area contributed by atoms with Crippen molar-refractivity contribution in [2.75, 3.05) is 16.8 Å². The third kappa shape index (κ3) is 6.09. The first-order chi connectivity index (χ1) is 19.9. The highest BCUT2D eigenvalue weighted by atomic mass is 16.5. The third-order valence-electron chi connectivity index (χ3n) is 8.73. The molecule has 0 aromatic heterocycles. The summed E-state index contributed by atoms with van der Waals surface area (Å²) in [7, 11) is 0. The minimum absolute atomic E-state index is 0.0292. The number of rotatable bonds is 9. The van der Waals surface area contributed by atoms with Gasteiger partial charge in [0.1, 0.15) is 6.54 Å². The van der Waals surface area contributed by atoms with Gasteiger partial charge in [0.15, 0.2) is 6.17 Å². The minimum Gasteiger partial charge on any atom is -0.306 e. The highest BCUT2D eigenvalue weighted by Crippen LogP contribution is 2.54. The van der Waals surface area contributed by atoms with Gasteiger partial charge < -0.3 is 10.2 Å². The van der Waals surface area contributed by atoms with Crippen LogP contribution in [0.25, 0.3) is 0 Å². The van der Waals surface area contributed by atoms with E-state index in [9.17, 15) is 19.6 Å². The van der Waals surface area contributed by atoms with Crippen LogP contribution in [0.15, 0.2) is 65.8 Å². The molecule has 0 radical (unpaired) electrons. The number of hydrogen-bond donors (Lipinski definition) is 3. The first-order valence-electron chi connectivity index (χ1n) is 14.1. The van der Waals surface area contributed by atoms with E-state index in [2.05, 4.69) is 35.8 Å². The molecule has 11 heteroatoms. The van der Waals surface area contributed by atoms with Crippen LogP contribution in [-0.2, 0) is 4.79 Å². The maximum absolute atomic E-state index is 13.8. The van der Waals surface area contributed by atoms with Gasteiger partial charge in [0.2, 0.25) is 0 Å². The van der Waals surface area contributed by atoms with Crippen molar-refractivity contribution in [3.63, 3.8) is 0 Å². The number of amides is 5. The summed E-state index contributed by atoms with van der Waals surface area (Å²) in [6, 6.07) is 18.2. The van der Waals surface area contributed by atoms with Crippen LogP contribution in [0.3, 0.4) is 0 Å². The zero-order valence-corrected chi connectivity index (χ0v) is 24.7. The van der Waals surface area contributed by atoms with Crippen LogP contribution >= 0.6 is 0 Å². The summed E-state index contributed by atoms with van der Waals surface area (Å²) in [5.74, 6) is 0.228. The van der Waals surface area contributed by atoms with E-state index in [4.69, 9.17) is 5.26 Å². The Morgan fingerprint density at radius 2 is 1.69 bits per heavy atom. The van der Waals surface area contributed by atoms with Crippen LogP contribution in [0.1, 0.15) is 53.9 Å². The van der Waals surface area contributed by atoms with E-state index < -0.39 is 29.7 Å². The van der Waals surface area contributed by atoms with Gasteiger partial charge in [0.05, 0.1) is 11.6 Å². The summed E-state index contributed by atoms with van der Waals surface area (Å²) in [6.07, 6.45) is 1.03. The Bertz CT molecular complexity index is 1370. The standard InChI is InChI=1S/C31H39N7O4/c1-21(18-23-19-22(16-17-32)30(23,2)3)34-35-26(39)20-36-29(41)37(25-14-10-7-11-15-25)27(31(36,4)5)38(42)28(40)33-24-12-8-6-9-13-24/h6-15,22-23,27,42H,16,18-20H2,1-5H3,(H,33,40)(H,35,39)/t22-,23+,27-/m0/s1. The number of hydroxylamine groups is 2. The van der Waals surface area contributed by atoms with Gasteiger partial charge in [-0.2, -0.15) is 15.4 Å². The molecule has 2 aromatic rings. The first kappa shape index (κ1) is 30.5. The molecule has 1 heterocycles. The van der Waals surface area contributed by atoms with Crippen molar-refractivity contribution < 1.29 is 19.6 Å². The SMILES string of the molecule is CC(C[C@@H]1C[C@H](CC#N)C1(C)C)=NNC(=O)CN1C(=O)N(c2ccccc2)[C@@H](N(O)C(=O)Nc2ccccc2)C1(C)C. The molecule has 5 amide bonds. The lowest BCUT2D eigenvalue weighted by Gasteiger charge is -2.52. The maximum atomic E-state index is 13.8. The van der Waals surface area contributed by atoms with E-state index >= 15 is 0 Å². The fraction of sp³-hybridized carbons (Fsp3) is 0.452. The van der Waals surface area contributed by atoms with E-state index in [0.717, 1.165) is 12.1 Å². The molecule has 11 nitrogen and oxygen atoms in total. The number of hydrazone groups is 1. The number of benzene rings is 2. The van der Waals surface area contributed by atoms with Gasteiger partial charge in [-0.1, -0.05) is 50.2 Å². The predicted octanol–water partition coefficient (Wildman–Crippen LogP) is 5.41. The van der Waals surface area contributed by atoms with E-state index in [1.54, 1.807) is 74.5 Å². The highest BCUT2D eigenvalue weighted by Gasteiger charge is 2.56. The quantitative estimate of drug-likeness (QED) is 0.209. The Kier molecular flexibility index (Phi) is 8.87. The number of hydrogen-bond acceptors (Lipinski definition) is 6. The summed E-state index contributed by atoms with van der Waals surface area (Å²) in [6.45, 7) is 9.22. The fourth-order valence-electron chi connectivity index (χ4n) is 5.94. The molecule has 1 saturated heterocycles. The van der Waals surface area contributed by atoms with E-state index in [-0.39, 0.29) is 12.0 Å². The lowest BCUT2D eigenvalue weighted by molar-refractivity contribution is -0.124. The van der Waals surface area contributed by atoms with E-state index in [0.29, 0.717) is 41.1 Å². The number of nitriles is 1. The number of carbonyl (C=O) groups excluding carboxylic acids is 3. The lowest BCUT2D eigenvalue weighted by atomic mass is 9.53. The second-order valence-electron chi connectivity index (χ2n) is 12.1. The van der Waals surface area contributed by atoms with Crippen molar-refractivity contribution in [1.29, 1.82) is 5.26 Å². The van der Waals surface area contributed by atoms with Crippen molar-refractivity contribution >= 4 is 35.1 Å². The maximum Gasteiger partial charge on any atom is 0.347 e. The van der Waals surface area contributed by atoms with E-state index in [1.807, 2.05) is 6.92 Å². The predicted molar refractivity (Wildman–Crippen MR) is 159 cm³/mol. The second-order valence-corrected chi connectivity index (χ2v) is 12.1. The molecular formula is C31H39N7O4. The van der Waals surface area contributed by atoms with Crippen LogP contribution in [0, 0.1) is 28.6 Å². The molecule has 1 aliphatic carbocycles. The second kappa shape index (κ2) is 12.2. The largest absolute Gasteiger partial charge is 0.347 e. The van der Waals surface area contributed by atoms with Crippen molar-refractivity contribution in [3.05, 3.63) is 60.7 Å². The van der Waals surface area contributed by atoms with Gasteiger partial charge in [0, 0.05) is 23.5 Å². The van der Waals surface area contributed by atoms with Crippen molar-refractivity contribution in [2.45, 2.75) is 65.6 Å². The molecule has 0 unspecified atom stereocenters. The number of nitrogens with zero attached hydrogens (tertiary/aromatic N) is 5. The molecule has 222 valence electrons. The minimum atomic E-state index is -1.18. The lowest BCUT2D eigenvalue weighted by Crippen LogP contribution is -2.58. The summed E-state index contributed by atoms with van der Waals surface area (Å²) in [5, 5.41) is 27.6. The number of urea groups is 2. The summed E-state index contributed by atoms with van der Waals surface area (Å²) in [5.41, 5.74) is 3.11. The van der Waals surface area contributed by atoms with Crippen LogP contribution in [0.2, 0.25) is 0 Å². The zero-order valence-electron chi connectivity index (χ0n) is 24.7. The Morgan fingerprint density at radius 1 is 1.07 bits per heavy atom.